The normalized spacial score (nSPS) is 10.5. The molecule has 1 heterocycles. The topological polar surface area (TPSA) is 61.4 Å². The van der Waals surface area contributed by atoms with Crippen LogP contribution in [0.3, 0.4) is 0 Å². The van der Waals surface area contributed by atoms with Crippen LogP contribution in [0.2, 0.25) is 0 Å². The van der Waals surface area contributed by atoms with Crippen molar-refractivity contribution in [1.82, 2.24) is 9.97 Å². The van der Waals surface area contributed by atoms with E-state index in [2.05, 4.69) is 34.3 Å². The number of carbonyl (C=O) groups excluding carboxylic acids is 1. The molecule has 0 unspecified atom stereocenters. The first-order chi connectivity index (χ1) is 13.9. The monoisotopic (exact) mass is 389 g/mol. The van der Waals surface area contributed by atoms with Crippen LogP contribution in [0, 0.1) is 13.8 Å². The van der Waals surface area contributed by atoms with Gasteiger partial charge in [0, 0.05) is 43.4 Å². The Labute approximate surface area is 172 Å². The molecule has 0 fully saturated rings. The number of hydrogen-bond donors (Lipinski definition) is 1. The fraction of sp³-hybridized carbons (Fsp3) is 0.261. The maximum atomic E-state index is 12.8. The second-order valence-electron chi connectivity index (χ2n) is 7.17. The molecule has 0 saturated carbocycles. The van der Waals surface area contributed by atoms with Crippen molar-refractivity contribution in [3.05, 3.63) is 71.5 Å². The van der Waals surface area contributed by atoms with Crippen molar-refractivity contribution in [1.29, 1.82) is 0 Å². The van der Waals surface area contributed by atoms with E-state index in [4.69, 9.17) is 0 Å². The average molecular weight is 390 g/mol. The van der Waals surface area contributed by atoms with Crippen LogP contribution in [0.1, 0.15) is 28.7 Å². The van der Waals surface area contributed by atoms with E-state index < -0.39 is 0 Å². The Kier molecular flexibility index (Phi) is 6.12. The number of hydrogen-bond acceptors (Lipinski definition) is 5. The maximum absolute atomic E-state index is 12.8. The number of carbonyl (C=O) groups is 1. The Bertz CT molecular complexity index is 998. The molecule has 0 atom stereocenters. The minimum atomic E-state index is -0.255. The lowest BCUT2D eigenvalue weighted by molar-refractivity contribution is 0.102. The summed E-state index contributed by atoms with van der Waals surface area (Å²) in [7, 11) is 3.96. The van der Waals surface area contributed by atoms with Crippen LogP contribution >= 0.6 is 0 Å². The summed E-state index contributed by atoms with van der Waals surface area (Å²) in [5.41, 5.74) is 5.05. The van der Waals surface area contributed by atoms with Crippen molar-refractivity contribution in [3.63, 3.8) is 0 Å². The second kappa shape index (κ2) is 8.73. The minimum Gasteiger partial charge on any atom is -0.378 e. The van der Waals surface area contributed by atoms with Crippen molar-refractivity contribution in [2.24, 2.45) is 0 Å². The molecule has 1 N–H and O–H groups in total. The first-order valence-electron chi connectivity index (χ1n) is 9.66. The van der Waals surface area contributed by atoms with Crippen LogP contribution in [0.25, 0.3) is 0 Å². The molecule has 1 aromatic heterocycles. The highest BCUT2D eigenvalue weighted by Crippen LogP contribution is 2.24. The zero-order chi connectivity index (χ0) is 21.0. The minimum absolute atomic E-state index is 0.255. The van der Waals surface area contributed by atoms with Crippen LogP contribution in [-0.2, 0) is 0 Å². The molecule has 0 aliphatic rings. The van der Waals surface area contributed by atoms with Gasteiger partial charge in [-0.15, -0.1) is 0 Å². The van der Waals surface area contributed by atoms with E-state index in [0.717, 1.165) is 28.3 Å². The van der Waals surface area contributed by atoms with Crippen LogP contribution in [0.5, 0.6) is 0 Å². The van der Waals surface area contributed by atoms with E-state index in [0.29, 0.717) is 18.2 Å². The molecule has 3 aromatic rings. The van der Waals surface area contributed by atoms with Crippen molar-refractivity contribution >= 4 is 28.9 Å². The van der Waals surface area contributed by atoms with Gasteiger partial charge in [-0.05, 0) is 68.8 Å². The van der Waals surface area contributed by atoms with Gasteiger partial charge in [0.1, 0.15) is 5.69 Å². The molecule has 0 saturated heterocycles. The quantitative estimate of drug-likeness (QED) is 0.669. The number of aryl methyl sites for hydroxylation is 2. The van der Waals surface area contributed by atoms with Crippen molar-refractivity contribution in [2.75, 3.05) is 35.8 Å². The Hall–Kier alpha value is -3.41. The van der Waals surface area contributed by atoms with Gasteiger partial charge in [0.15, 0.2) is 0 Å². The number of nitrogens with zero attached hydrogens (tertiary/aromatic N) is 4. The van der Waals surface area contributed by atoms with Crippen LogP contribution < -0.4 is 15.1 Å². The van der Waals surface area contributed by atoms with Crippen LogP contribution in [0.15, 0.2) is 54.6 Å². The van der Waals surface area contributed by atoms with Gasteiger partial charge >= 0.3 is 0 Å². The number of amides is 1. The predicted octanol–water partition coefficient (Wildman–Crippen LogP) is 4.57. The lowest BCUT2D eigenvalue weighted by Crippen LogP contribution is -2.22. The van der Waals surface area contributed by atoms with Gasteiger partial charge < -0.3 is 15.1 Å². The van der Waals surface area contributed by atoms with E-state index >= 15 is 0 Å². The van der Waals surface area contributed by atoms with Crippen molar-refractivity contribution in [2.45, 2.75) is 20.8 Å². The first kappa shape index (κ1) is 20.3. The lowest BCUT2D eigenvalue weighted by Gasteiger charge is -2.22. The van der Waals surface area contributed by atoms with Gasteiger partial charge in [0.2, 0.25) is 5.95 Å². The summed E-state index contributed by atoms with van der Waals surface area (Å²) in [4.78, 5) is 25.9. The highest BCUT2D eigenvalue weighted by Gasteiger charge is 2.16. The van der Waals surface area contributed by atoms with E-state index in [1.165, 1.54) is 0 Å². The molecule has 150 valence electrons. The zero-order valence-electron chi connectivity index (χ0n) is 17.6. The van der Waals surface area contributed by atoms with Crippen molar-refractivity contribution in [3.8, 4) is 0 Å². The fourth-order valence-corrected chi connectivity index (χ4v) is 3.06. The Morgan fingerprint density at radius 1 is 0.966 bits per heavy atom. The molecule has 0 radical (unpaired) electrons. The van der Waals surface area contributed by atoms with Gasteiger partial charge in [-0.3, -0.25) is 4.79 Å². The Morgan fingerprint density at radius 3 is 2.31 bits per heavy atom. The van der Waals surface area contributed by atoms with E-state index in [1.807, 2.05) is 74.1 Å². The number of nitrogens with one attached hydrogen (secondary N) is 1. The molecular formula is C23H27N5O. The highest BCUT2D eigenvalue weighted by molar-refractivity contribution is 6.03. The fourth-order valence-electron chi connectivity index (χ4n) is 3.06. The summed E-state index contributed by atoms with van der Waals surface area (Å²) in [6.45, 7) is 6.66. The molecule has 3 rings (SSSR count). The molecule has 1 amide bonds. The van der Waals surface area contributed by atoms with Gasteiger partial charge in [-0.1, -0.05) is 12.1 Å². The molecule has 6 nitrogen and oxygen atoms in total. The number of benzene rings is 2. The SMILES string of the molecule is CCN(c1cccc(C)c1)c1nc(C)cc(C(=O)Nc2ccc(N(C)C)cc2)n1. The standard InChI is InChI=1S/C23H27N5O/c1-6-28(20-9-7-8-16(2)14-20)23-24-17(3)15-21(26-23)22(29)25-18-10-12-19(13-11-18)27(4)5/h7-15H,6H2,1-5H3,(H,25,29). The molecule has 2 aromatic carbocycles. The summed E-state index contributed by atoms with van der Waals surface area (Å²) in [5.74, 6) is 0.265. The van der Waals surface area contributed by atoms with Gasteiger partial charge in [-0.2, -0.15) is 0 Å². The largest absolute Gasteiger partial charge is 0.378 e. The molecule has 6 heteroatoms. The molecule has 0 bridgehead atoms. The lowest BCUT2D eigenvalue weighted by atomic mass is 10.2. The molecule has 0 spiro atoms. The van der Waals surface area contributed by atoms with Gasteiger partial charge in [0.25, 0.3) is 5.91 Å². The summed E-state index contributed by atoms with van der Waals surface area (Å²) in [5, 5.41) is 2.92. The number of anilines is 4. The third kappa shape index (κ3) is 4.90. The van der Waals surface area contributed by atoms with Gasteiger partial charge in [0.05, 0.1) is 0 Å². The second-order valence-corrected chi connectivity index (χ2v) is 7.17. The van der Waals surface area contributed by atoms with E-state index in [1.54, 1.807) is 6.07 Å². The van der Waals surface area contributed by atoms with E-state index in [9.17, 15) is 4.79 Å². The smallest absolute Gasteiger partial charge is 0.274 e. The zero-order valence-corrected chi connectivity index (χ0v) is 17.6. The first-order valence-corrected chi connectivity index (χ1v) is 9.66. The summed E-state index contributed by atoms with van der Waals surface area (Å²) in [6.07, 6.45) is 0. The summed E-state index contributed by atoms with van der Waals surface area (Å²) in [6, 6.07) is 17.6. The average Bonchev–Trinajstić information content (AvgIpc) is 2.68. The Morgan fingerprint density at radius 2 is 1.69 bits per heavy atom. The van der Waals surface area contributed by atoms with Gasteiger partial charge in [-0.25, -0.2) is 9.97 Å². The third-order valence-corrected chi connectivity index (χ3v) is 4.59. The third-order valence-electron chi connectivity index (χ3n) is 4.59. The van der Waals surface area contributed by atoms with E-state index in [-0.39, 0.29) is 5.91 Å². The maximum Gasteiger partial charge on any atom is 0.274 e. The van der Waals surface area contributed by atoms with Crippen LogP contribution in [-0.4, -0.2) is 36.5 Å². The molecular weight excluding hydrogens is 362 g/mol. The number of rotatable bonds is 6. The van der Waals surface area contributed by atoms with Crippen molar-refractivity contribution < 1.29 is 4.79 Å². The number of aromatic nitrogens is 2. The summed E-state index contributed by atoms with van der Waals surface area (Å²) >= 11 is 0. The summed E-state index contributed by atoms with van der Waals surface area (Å²) < 4.78 is 0. The Balaban J connectivity index is 1.86. The molecule has 29 heavy (non-hydrogen) atoms. The molecule has 0 aliphatic carbocycles. The highest BCUT2D eigenvalue weighted by atomic mass is 16.1. The van der Waals surface area contributed by atoms with Crippen LogP contribution in [0.4, 0.5) is 23.0 Å². The predicted molar refractivity (Wildman–Crippen MR) is 119 cm³/mol. The molecule has 0 aliphatic heterocycles.